The third-order valence-corrected chi connectivity index (χ3v) is 2.75. The van der Waals surface area contributed by atoms with Gasteiger partial charge in [-0.3, -0.25) is 4.79 Å². The Labute approximate surface area is 101 Å². The second kappa shape index (κ2) is 4.32. The summed E-state index contributed by atoms with van der Waals surface area (Å²) in [6, 6.07) is 5.75. The third-order valence-electron chi connectivity index (χ3n) is 2.75. The maximum Gasteiger partial charge on any atom is 0.182 e. The van der Waals surface area contributed by atoms with Crippen LogP contribution < -0.4 is 0 Å². The number of hydrogen-bond donors (Lipinski definition) is 0. The largest absolute Gasteiger partial charge is 0.306 e. The fourth-order valence-electron chi connectivity index (χ4n) is 1.69. The Kier molecular flexibility index (Phi) is 3.01. The number of rotatable bonds is 3. The zero-order chi connectivity index (χ0) is 12.5. The Morgan fingerprint density at radius 2 is 2.12 bits per heavy atom. The molecule has 0 radical (unpaired) electrons. The second-order valence-electron chi connectivity index (χ2n) is 5.58. The van der Waals surface area contributed by atoms with Gasteiger partial charge in [0.15, 0.2) is 5.78 Å². The highest BCUT2D eigenvalue weighted by Gasteiger charge is 2.16. The molecule has 2 aromatic rings. The highest BCUT2D eigenvalue weighted by Crippen LogP contribution is 2.21. The molecule has 2 aromatic heterocycles. The Morgan fingerprint density at radius 1 is 1.35 bits per heavy atom. The normalized spacial score (nSPS) is 11.9. The number of fused-ring (bicyclic) bond motifs is 1. The van der Waals surface area contributed by atoms with E-state index in [0.29, 0.717) is 12.1 Å². The number of carbonyl (C=O) groups excluding carboxylic acids is 1. The predicted molar refractivity (Wildman–Crippen MR) is 68.2 cm³/mol. The first-order chi connectivity index (χ1) is 7.96. The smallest absolute Gasteiger partial charge is 0.182 e. The summed E-state index contributed by atoms with van der Waals surface area (Å²) < 4.78 is 1.88. The molecule has 0 saturated carbocycles. The topological polar surface area (TPSA) is 34.4 Å². The summed E-state index contributed by atoms with van der Waals surface area (Å²) in [6.07, 6.45) is 5.16. The number of ketones is 1. The van der Waals surface area contributed by atoms with Crippen molar-refractivity contribution in [2.24, 2.45) is 5.41 Å². The molecule has 17 heavy (non-hydrogen) atoms. The zero-order valence-corrected chi connectivity index (χ0v) is 10.6. The molecule has 0 spiro atoms. The van der Waals surface area contributed by atoms with Crippen LogP contribution in [0.4, 0.5) is 0 Å². The maximum absolute atomic E-state index is 12.0. The van der Waals surface area contributed by atoms with Crippen molar-refractivity contribution in [3.8, 4) is 0 Å². The molecule has 2 rings (SSSR count). The molecule has 3 nitrogen and oxygen atoms in total. The van der Waals surface area contributed by atoms with E-state index in [1.165, 1.54) is 0 Å². The number of aromatic nitrogens is 2. The van der Waals surface area contributed by atoms with Gasteiger partial charge in [-0.15, -0.1) is 0 Å². The monoisotopic (exact) mass is 230 g/mol. The van der Waals surface area contributed by atoms with Crippen molar-refractivity contribution in [2.75, 3.05) is 0 Å². The van der Waals surface area contributed by atoms with Crippen molar-refractivity contribution in [1.29, 1.82) is 0 Å². The molecule has 90 valence electrons. The lowest BCUT2D eigenvalue weighted by atomic mass is 9.89. The molecule has 2 heterocycles. The van der Waals surface area contributed by atoms with Gasteiger partial charge < -0.3 is 4.40 Å². The Hall–Kier alpha value is -1.64. The Balaban J connectivity index is 2.14. The number of nitrogens with zero attached hydrogens (tertiary/aromatic N) is 2. The first-order valence-electron chi connectivity index (χ1n) is 5.93. The van der Waals surface area contributed by atoms with Crippen LogP contribution in [-0.4, -0.2) is 15.2 Å². The molecule has 0 atom stereocenters. The van der Waals surface area contributed by atoms with Gasteiger partial charge in [0.05, 0.1) is 0 Å². The fourth-order valence-corrected chi connectivity index (χ4v) is 1.69. The molecule has 0 aliphatic rings. The summed E-state index contributed by atoms with van der Waals surface area (Å²) in [6.45, 7) is 6.43. The first-order valence-corrected chi connectivity index (χ1v) is 5.93. The molecule has 0 fully saturated rings. The quantitative estimate of drug-likeness (QED) is 0.758. The summed E-state index contributed by atoms with van der Waals surface area (Å²) in [5.41, 5.74) is 1.58. The van der Waals surface area contributed by atoms with Gasteiger partial charge in [0, 0.05) is 18.8 Å². The van der Waals surface area contributed by atoms with E-state index in [1.54, 1.807) is 6.20 Å². The van der Waals surface area contributed by atoms with E-state index in [0.717, 1.165) is 12.1 Å². The van der Waals surface area contributed by atoms with Crippen LogP contribution in [0, 0.1) is 5.41 Å². The van der Waals surface area contributed by atoms with Crippen LogP contribution in [0.5, 0.6) is 0 Å². The van der Waals surface area contributed by atoms with Crippen LogP contribution in [0.1, 0.15) is 44.1 Å². The first kappa shape index (κ1) is 11.8. The van der Waals surface area contributed by atoms with Crippen LogP contribution in [0.3, 0.4) is 0 Å². The number of imidazole rings is 1. The summed E-state index contributed by atoms with van der Waals surface area (Å²) in [4.78, 5) is 16.3. The van der Waals surface area contributed by atoms with E-state index in [4.69, 9.17) is 0 Å². The predicted octanol–water partition coefficient (Wildman–Crippen LogP) is 3.34. The summed E-state index contributed by atoms with van der Waals surface area (Å²) in [5.74, 6) is 0.128. The van der Waals surface area contributed by atoms with E-state index >= 15 is 0 Å². The van der Waals surface area contributed by atoms with Gasteiger partial charge in [0.2, 0.25) is 0 Å². The van der Waals surface area contributed by atoms with Gasteiger partial charge in [-0.25, -0.2) is 4.98 Å². The number of hydrogen-bond acceptors (Lipinski definition) is 2. The molecular weight excluding hydrogens is 212 g/mol. The molecular formula is C14H18N2O. The lowest BCUT2D eigenvalue weighted by Crippen LogP contribution is -2.09. The van der Waals surface area contributed by atoms with E-state index in [2.05, 4.69) is 25.8 Å². The van der Waals surface area contributed by atoms with Crippen LogP contribution >= 0.6 is 0 Å². The lowest BCUT2D eigenvalue weighted by molar-refractivity contribution is 0.0961. The molecule has 0 amide bonds. The number of pyridine rings is 1. The van der Waals surface area contributed by atoms with Crippen molar-refractivity contribution < 1.29 is 4.79 Å². The molecule has 0 N–H and O–H groups in total. The molecule has 0 unspecified atom stereocenters. The van der Waals surface area contributed by atoms with E-state index in [9.17, 15) is 4.79 Å². The van der Waals surface area contributed by atoms with Gasteiger partial charge >= 0.3 is 0 Å². The van der Waals surface area contributed by atoms with E-state index in [-0.39, 0.29) is 11.2 Å². The summed E-state index contributed by atoms with van der Waals surface area (Å²) >= 11 is 0. The average Bonchev–Trinajstić information content (AvgIpc) is 2.68. The minimum absolute atomic E-state index is 0.128. The van der Waals surface area contributed by atoms with E-state index in [1.807, 2.05) is 28.8 Å². The van der Waals surface area contributed by atoms with Crippen molar-refractivity contribution >= 4 is 11.4 Å². The third kappa shape index (κ3) is 2.93. The Morgan fingerprint density at radius 3 is 2.76 bits per heavy atom. The molecule has 0 aromatic carbocycles. The van der Waals surface area contributed by atoms with Crippen LogP contribution in [0.15, 0.2) is 30.6 Å². The minimum Gasteiger partial charge on any atom is -0.306 e. The molecule has 3 heteroatoms. The van der Waals surface area contributed by atoms with Crippen LogP contribution in [-0.2, 0) is 0 Å². The van der Waals surface area contributed by atoms with Gasteiger partial charge in [-0.1, -0.05) is 26.8 Å². The summed E-state index contributed by atoms with van der Waals surface area (Å²) in [7, 11) is 0. The molecule has 0 aliphatic carbocycles. The highest BCUT2D eigenvalue weighted by atomic mass is 16.1. The molecule has 0 aliphatic heterocycles. The fraction of sp³-hybridized carbons (Fsp3) is 0.429. The average molecular weight is 230 g/mol. The second-order valence-corrected chi connectivity index (χ2v) is 5.58. The standard InChI is InChI=1S/C14H18N2O/c1-14(2,3)8-7-12(17)11-10-16-9-5-4-6-13(16)15-11/h4-6,9-10H,7-8H2,1-3H3. The van der Waals surface area contributed by atoms with Crippen LogP contribution in [0.2, 0.25) is 0 Å². The summed E-state index contributed by atoms with van der Waals surface area (Å²) in [5, 5.41) is 0. The maximum atomic E-state index is 12.0. The van der Waals surface area contributed by atoms with Crippen LogP contribution in [0.25, 0.3) is 5.65 Å². The van der Waals surface area contributed by atoms with Crippen molar-refractivity contribution in [2.45, 2.75) is 33.6 Å². The van der Waals surface area contributed by atoms with Gasteiger partial charge in [-0.05, 0) is 24.0 Å². The van der Waals surface area contributed by atoms with E-state index < -0.39 is 0 Å². The Bertz CT molecular complexity index is 501. The van der Waals surface area contributed by atoms with Crippen molar-refractivity contribution in [3.63, 3.8) is 0 Å². The van der Waals surface area contributed by atoms with Gasteiger partial charge in [-0.2, -0.15) is 0 Å². The highest BCUT2D eigenvalue weighted by molar-refractivity contribution is 5.94. The lowest BCUT2D eigenvalue weighted by Gasteiger charge is -2.16. The van der Waals surface area contributed by atoms with Gasteiger partial charge in [0.25, 0.3) is 0 Å². The van der Waals surface area contributed by atoms with Crippen molar-refractivity contribution in [3.05, 3.63) is 36.3 Å². The van der Waals surface area contributed by atoms with Gasteiger partial charge in [0.1, 0.15) is 11.3 Å². The minimum atomic E-state index is 0.128. The zero-order valence-electron chi connectivity index (χ0n) is 10.6. The molecule has 0 bridgehead atoms. The molecule has 0 saturated heterocycles. The SMILES string of the molecule is CC(C)(C)CCC(=O)c1cn2ccccc2n1. The number of Topliss-reactive ketones (excluding diaryl/α,β-unsaturated/α-hetero) is 1. The van der Waals surface area contributed by atoms with Crippen molar-refractivity contribution in [1.82, 2.24) is 9.38 Å². The number of carbonyl (C=O) groups is 1.